The van der Waals surface area contributed by atoms with Gasteiger partial charge >= 0.3 is 0 Å². The number of hydrogen-bond donors (Lipinski definition) is 1. The van der Waals surface area contributed by atoms with Crippen LogP contribution >= 0.6 is 11.6 Å². The molecule has 0 radical (unpaired) electrons. The van der Waals surface area contributed by atoms with Crippen LogP contribution in [-0.4, -0.2) is 74.3 Å². The molecular formula is C21H35ClN4O3S. The van der Waals surface area contributed by atoms with Gasteiger partial charge in [-0.15, -0.1) is 0 Å². The molecule has 0 spiro atoms. The van der Waals surface area contributed by atoms with Gasteiger partial charge in [-0.3, -0.25) is 0 Å². The number of halogens is 1. The molecule has 0 bridgehead atoms. The van der Waals surface area contributed by atoms with Gasteiger partial charge in [0.2, 0.25) is 10.0 Å². The van der Waals surface area contributed by atoms with Crippen molar-refractivity contribution < 1.29 is 13.2 Å². The standard InChI is InChI=1S/C21H35ClN4O3S/c1-15(2)30(27,28)26-9-5-19(14-26)29-10-6-17-11-20(17)16-3-7-25(8-4-16)21-23-12-18(22)13-24-21/h12,15-17,19-20H,3-11,13-14H2,1-2H3,(H,23,24)/t17-,19-,20-/m1/s1. The van der Waals surface area contributed by atoms with E-state index in [9.17, 15) is 8.42 Å². The van der Waals surface area contributed by atoms with Gasteiger partial charge in [-0.2, -0.15) is 4.31 Å². The van der Waals surface area contributed by atoms with E-state index in [1.54, 1.807) is 24.4 Å². The molecule has 0 aromatic rings. The van der Waals surface area contributed by atoms with Crippen molar-refractivity contribution in [1.29, 1.82) is 0 Å². The van der Waals surface area contributed by atoms with Crippen molar-refractivity contribution in [2.45, 2.75) is 57.3 Å². The van der Waals surface area contributed by atoms with E-state index in [1.807, 2.05) is 0 Å². The van der Waals surface area contributed by atoms with Crippen molar-refractivity contribution >= 4 is 27.6 Å². The zero-order valence-corrected chi connectivity index (χ0v) is 19.7. The maximum atomic E-state index is 12.3. The Bertz CT molecular complexity index is 777. The van der Waals surface area contributed by atoms with Crippen LogP contribution in [0.5, 0.6) is 0 Å². The van der Waals surface area contributed by atoms with Gasteiger partial charge in [0, 0.05) is 39.0 Å². The topological polar surface area (TPSA) is 74.2 Å². The van der Waals surface area contributed by atoms with Crippen molar-refractivity contribution in [1.82, 2.24) is 14.5 Å². The van der Waals surface area contributed by atoms with Crippen molar-refractivity contribution in [2.24, 2.45) is 22.7 Å². The van der Waals surface area contributed by atoms with E-state index in [0.717, 1.165) is 61.3 Å². The molecule has 3 aliphatic heterocycles. The van der Waals surface area contributed by atoms with Gasteiger partial charge in [0.15, 0.2) is 5.96 Å². The normalized spacial score (nSPS) is 30.9. The van der Waals surface area contributed by atoms with Crippen molar-refractivity contribution in [2.75, 3.05) is 39.3 Å². The number of sulfonamides is 1. The minimum Gasteiger partial charge on any atom is -0.377 e. The lowest BCUT2D eigenvalue weighted by Gasteiger charge is -2.35. The molecule has 30 heavy (non-hydrogen) atoms. The van der Waals surface area contributed by atoms with Gasteiger partial charge in [-0.25, -0.2) is 13.4 Å². The average Bonchev–Trinajstić information content (AvgIpc) is 3.34. The van der Waals surface area contributed by atoms with Gasteiger partial charge < -0.3 is 15.0 Å². The maximum Gasteiger partial charge on any atom is 0.216 e. The van der Waals surface area contributed by atoms with Crippen LogP contribution in [0.4, 0.5) is 0 Å². The smallest absolute Gasteiger partial charge is 0.216 e. The van der Waals surface area contributed by atoms with Crippen molar-refractivity contribution in [3.8, 4) is 0 Å². The lowest BCUT2D eigenvalue weighted by molar-refractivity contribution is 0.0579. The van der Waals surface area contributed by atoms with E-state index in [0.29, 0.717) is 19.6 Å². The molecule has 9 heteroatoms. The molecule has 0 aromatic heterocycles. The molecule has 0 unspecified atom stereocenters. The number of ether oxygens (including phenoxy) is 1. The second kappa shape index (κ2) is 9.35. The lowest BCUT2D eigenvalue weighted by atomic mass is 9.90. The van der Waals surface area contributed by atoms with Crippen LogP contribution in [0.25, 0.3) is 0 Å². The fourth-order valence-electron chi connectivity index (χ4n) is 5.05. The predicted octanol–water partition coefficient (Wildman–Crippen LogP) is 2.59. The Balaban J connectivity index is 1.13. The van der Waals surface area contributed by atoms with Gasteiger partial charge in [0.1, 0.15) is 0 Å². The number of nitrogens with zero attached hydrogens (tertiary/aromatic N) is 3. The monoisotopic (exact) mass is 458 g/mol. The van der Waals surface area contributed by atoms with Gasteiger partial charge in [0.25, 0.3) is 0 Å². The van der Waals surface area contributed by atoms with Crippen molar-refractivity contribution in [3.05, 3.63) is 11.2 Å². The van der Waals surface area contributed by atoms with Crippen LogP contribution < -0.4 is 5.32 Å². The second-order valence-electron chi connectivity index (χ2n) is 9.39. The molecular weight excluding hydrogens is 424 g/mol. The summed E-state index contributed by atoms with van der Waals surface area (Å²) in [5, 5.41) is 3.70. The Morgan fingerprint density at radius 1 is 1.27 bits per heavy atom. The van der Waals surface area contributed by atoms with E-state index >= 15 is 0 Å². The second-order valence-corrected chi connectivity index (χ2v) is 12.4. The quantitative estimate of drug-likeness (QED) is 0.634. The fraction of sp³-hybridized carbons (Fsp3) is 0.857. The summed E-state index contributed by atoms with van der Waals surface area (Å²) in [4.78, 5) is 6.76. The summed E-state index contributed by atoms with van der Waals surface area (Å²) >= 11 is 5.97. The van der Waals surface area contributed by atoms with Crippen LogP contribution in [0.15, 0.2) is 16.2 Å². The highest BCUT2D eigenvalue weighted by Crippen LogP contribution is 2.49. The van der Waals surface area contributed by atoms with E-state index in [-0.39, 0.29) is 11.4 Å². The minimum absolute atomic E-state index is 0.0604. The first-order chi connectivity index (χ1) is 14.3. The van der Waals surface area contributed by atoms with Gasteiger partial charge in [-0.05, 0) is 63.7 Å². The molecule has 4 rings (SSSR count). The lowest BCUT2D eigenvalue weighted by Crippen LogP contribution is -2.47. The van der Waals surface area contributed by atoms with Crippen LogP contribution in [0.3, 0.4) is 0 Å². The summed E-state index contributed by atoms with van der Waals surface area (Å²) in [5.74, 6) is 3.40. The van der Waals surface area contributed by atoms with Gasteiger partial charge in [0.05, 0.1) is 22.9 Å². The molecule has 1 N–H and O–H groups in total. The third-order valence-electron chi connectivity index (χ3n) is 7.07. The van der Waals surface area contributed by atoms with E-state index < -0.39 is 10.0 Å². The summed E-state index contributed by atoms with van der Waals surface area (Å²) < 4.78 is 32.2. The summed E-state index contributed by atoms with van der Waals surface area (Å²) in [7, 11) is -3.15. The summed E-state index contributed by atoms with van der Waals surface area (Å²) in [6, 6.07) is 0. The Morgan fingerprint density at radius 2 is 2.03 bits per heavy atom. The number of hydrogen-bond acceptors (Lipinski definition) is 6. The molecule has 0 aromatic carbocycles. The average molecular weight is 459 g/mol. The van der Waals surface area contributed by atoms with Crippen LogP contribution in [0, 0.1) is 17.8 Å². The van der Waals surface area contributed by atoms with E-state index in [2.05, 4.69) is 15.2 Å². The Kier molecular flexibility index (Phi) is 6.97. The Labute approximate surface area is 185 Å². The fourth-order valence-corrected chi connectivity index (χ4v) is 6.49. The Hall–Kier alpha value is -0.830. The molecule has 1 saturated carbocycles. The largest absolute Gasteiger partial charge is 0.377 e. The molecule has 1 aliphatic carbocycles. The summed E-state index contributed by atoms with van der Waals surface area (Å²) in [6.45, 7) is 8.15. The van der Waals surface area contributed by atoms with Gasteiger partial charge in [-0.1, -0.05) is 11.6 Å². The third kappa shape index (κ3) is 5.14. The SMILES string of the molecule is CC(C)S(=O)(=O)N1CC[C@@H](OCC[C@@H]2C[C@@H]2C2CCN(C3=NC=C(Cl)CN3)CC2)C1. The first kappa shape index (κ1) is 22.4. The first-order valence-corrected chi connectivity index (χ1v) is 13.2. The van der Waals surface area contributed by atoms with Crippen LogP contribution in [-0.2, 0) is 14.8 Å². The number of rotatable bonds is 7. The molecule has 7 nitrogen and oxygen atoms in total. The zero-order chi connectivity index (χ0) is 21.3. The number of likely N-dealkylation sites (tertiary alicyclic amines) is 1. The summed E-state index contributed by atoms with van der Waals surface area (Å²) in [5.41, 5.74) is 0. The Morgan fingerprint density at radius 3 is 2.70 bits per heavy atom. The molecule has 170 valence electrons. The van der Waals surface area contributed by atoms with E-state index in [1.165, 1.54) is 19.3 Å². The number of aliphatic imine (C=N–C) groups is 1. The molecule has 3 atom stereocenters. The number of guanidine groups is 1. The van der Waals surface area contributed by atoms with Crippen molar-refractivity contribution in [3.63, 3.8) is 0 Å². The molecule has 4 aliphatic rings. The summed E-state index contributed by atoms with van der Waals surface area (Å²) in [6.07, 6.45) is 7.51. The first-order valence-electron chi connectivity index (χ1n) is 11.4. The predicted molar refractivity (Wildman–Crippen MR) is 120 cm³/mol. The van der Waals surface area contributed by atoms with Crippen LogP contribution in [0.1, 0.15) is 46.0 Å². The molecule has 3 fully saturated rings. The molecule has 3 heterocycles. The molecule has 2 saturated heterocycles. The third-order valence-corrected chi connectivity index (χ3v) is 9.54. The highest BCUT2D eigenvalue weighted by Gasteiger charge is 2.43. The maximum absolute atomic E-state index is 12.3. The molecule has 0 amide bonds. The minimum atomic E-state index is -3.15. The number of nitrogens with one attached hydrogen (secondary N) is 1. The zero-order valence-electron chi connectivity index (χ0n) is 18.1. The highest BCUT2D eigenvalue weighted by molar-refractivity contribution is 7.89. The highest BCUT2D eigenvalue weighted by atomic mass is 35.5. The van der Waals surface area contributed by atoms with E-state index in [4.69, 9.17) is 16.3 Å². The number of piperidine rings is 1. The van der Waals surface area contributed by atoms with Crippen LogP contribution in [0.2, 0.25) is 0 Å².